The highest BCUT2D eigenvalue weighted by Gasteiger charge is 2.08. The number of hydrogen-bond acceptors (Lipinski definition) is 4. The quantitative estimate of drug-likeness (QED) is 0.535. The molecule has 5 N–H and O–H groups in total. The van der Waals surface area contributed by atoms with Crippen molar-refractivity contribution in [2.24, 2.45) is 4.99 Å². The highest BCUT2D eigenvalue weighted by molar-refractivity contribution is 6.01. The highest BCUT2D eigenvalue weighted by atomic mass is 15.1. The molecular weight excluding hydrogens is 164 g/mol. The average molecular weight is 176 g/mol. The van der Waals surface area contributed by atoms with Crippen molar-refractivity contribution >= 4 is 17.2 Å². The Labute approximate surface area is 76.6 Å². The van der Waals surface area contributed by atoms with E-state index < -0.39 is 0 Å². The molecule has 2 rings (SSSR count). The maximum absolute atomic E-state index is 5.68. The van der Waals surface area contributed by atoms with Crippen LogP contribution in [0.4, 0.5) is 11.4 Å². The fourth-order valence-electron chi connectivity index (χ4n) is 1.31. The third-order valence-corrected chi connectivity index (χ3v) is 2.03. The number of anilines is 2. The second-order valence-electron chi connectivity index (χ2n) is 3.00. The van der Waals surface area contributed by atoms with Crippen molar-refractivity contribution in [1.29, 1.82) is 0 Å². The Morgan fingerprint density at radius 2 is 2.08 bits per heavy atom. The van der Waals surface area contributed by atoms with E-state index in [9.17, 15) is 0 Å². The van der Waals surface area contributed by atoms with E-state index >= 15 is 0 Å². The largest absolute Gasteiger partial charge is 0.397 e. The summed E-state index contributed by atoms with van der Waals surface area (Å²) in [5, 5.41) is 3.17. The molecule has 0 fully saturated rings. The maximum atomic E-state index is 5.68. The molecular formula is C9H12N4. The fourth-order valence-corrected chi connectivity index (χ4v) is 1.31. The van der Waals surface area contributed by atoms with Crippen molar-refractivity contribution in [3.63, 3.8) is 0 Å². The Kier molecular flexibility index (Phi) is 1.81. The van der Waals surface area contributed by atoms with E-state index in [-0.39, 0.29) is 0 Å². The summed E-state index contributed by atoms with van der Waals surface area (Å²) in [6.07, 6.45) is 0. The summed E-state index contributed by atoms with van der Waals surface area (Å²) in [7, 11) is 0. The molecule has 0 saturated heterocycles. The molecule has 4 nitrogen and oxygen atoms in total. The molecule has 0 amide bonds. The Bertz CT molecular complexity index is 357. The number of hydrogen-bond donors (Lipinski definition) is 3. The van der Waals surface area contributed by atoms with Gasteiger partial charge in [0.15, 0.2) is 0 Å². The summed E-state index contributed by atoms with van der Waals surface area (Å²) >= 11 is 0. The lowest BCUT2D eigenvalue weighted by molar-refractivity contribution is 0.960. The lowest BCUT2D eigenvalue weighted by atomic mass is 10.1. The van der Waals surface area contributed by atoms with Crippen LogP contribution in [0.3, 0.4) is 0 Å². The minimum absolute atomic E-state index is 0.605. The lowest BCUT2D eigenvalue weighted by Gasteiger charge is -2.04. The highest BCUT2D eigenvalue weighted by Crippen LogP contribution is 2.16. The Morgan fingerprint density at radius 3 is 2.69 bits per heavy atom. The van der Waals surface area contributed by atoms with Crippen LogP contribution in [0.5, 0.6) is 0 Å². The van der Waals surface area contributed by atoms with Crippen LogP contribution in [0.1, 0.15) is 5.56 Å². The molecule has 1 aromatic carbocycles. The minimum atomic E-state index is 0.605. The summed E-state index contributed by atoms with van der Waals surface area (Å²) in [5.74, 6) is 0.909. The van der Waals surface area contributed by atoms with E-state index in [0.717, 1.165) is 24.5 Å². The van der Waals surface area contributed by atoms with Gasteiger partial charge in [-0.3, -0.25) is 4.99 Å². The monoisotopic (exact) mass is 176 g/mol. The van der Waals surface area contributed by atoms with E-state index in [1.54, 1.807) is 6.07 Å². The zero-order valence-electron chi connectivity index (χ0n) is 7.25. The molecule has 0 bridgehead atoms. The van der Waals surface area contributed by atoms with Gasteiger partial charge in [-0.25, -0.2) is 0 Å². The van der Waals surface area contributed by atoms with Crippen LogP contribution in [-0.2, 0) is 0 Å². The second-order valence-corrected chi connectivity index (χ2v) is 3.00. The molecule has 1 aliphatic heterocycles. The molecule has 0 aliphatic carbocycles. The van der Waals surface area contributed by atoms with Gasteiger partial charge in [0.25, 0.3) is 0 Å². The van der Waals surface area contributed by atoms with Crippen molar-refractivity contribution in [2.75, 3.05) is 24.6 Å². The van der Waals surface area contributed by atoms with Gasteiger partial charge in [-0.1, -0.05) is 0 Å². The number of amidine groups is 1. The molecule has 0 saturated carbocycles. The maximum Gasteiger partial charge on any atom is 0.128 e. The summed E-state index contributed by atoms with van der Waals surface area (Å²) in [6, 6.07) is 5.56. The zero-order chi connectivity index (χ0) is 9.26. The Balaban J connectivity index is 2.36. The second kappa shape index (κ2) is 2.97. The Morgan fingerprint density at radius 1 is 1.23 bits per heavy atom. The van der Waals surface area contributed by atoms with Crippen LogP contribution in [0.15, 0.2) is 23.2 Å². The fraction of sp³-hybridized carbons (Fsp3) is 0.222. The third-order valence-electron chi connectivity index (χ3n) is 2.03. The summed E-state index contributed by atoms with van der Waals surface area (Å²) in [5.41, 5.74) is 13.5. The lowest BCUT2D eigenvalue weighted by Crippen LogP contribution is -2.19. The van der Waals surface area contributed by atoms with Gasteiger partial charge in [0.05, 0.1) is 17.9 Å². The molecule has 68 valence electrons. The van der Waals surface area contributed by atoms with E-state index in [1.165, 1.54) is 0 Å². The normalized spacial score (nSPS) is 15.2. The number of nitrogen functional groups attached to an aromatic ring is 2. The van der Waals surface area contributed by atoms with E-state index in [0.29, 0.717) is 11.4 Å². The van der Waals surface area contributed by atoms with Crippen LogP contribution < -0.4 is 16.8 Å². The molecule has 0 spiro atoms. The van der Waals surface area contributed by atoms with Crippen molar-refractivity contribution in [3.05, 3.63) is 23.8 Å². The van der Waals surface area contributed by atoms with Crippen LogP contribution in [0.2, 0.25) is 0 Å². The molecule has 0 atom stereocenters. The smallest absolute Gasteiger partial charge is 0.128 e. The van der Waals surface area contributed by atoms with Crippen molar-refractivity contribution < 1.29 is 0 Å². The number of nitrogens with two attached hydrogens (primary N) is 2. The average Bonchev–Trinajstić information content (AvgIpc) is 2.62. The molecule has 1 heterocycles. The summed E-state index contributed by atoms with van der Waals surface area (Å²) in [6.45, 7) is 1.74. The number of rotatable bonds is 1. The van der Waals surface area contributed by atoms with Gasteiger partial charge in [-0.15, -0.1) is 0 Å². The number of aliphatic imine (C=N–C) groups is 1. The van der Waals surface area contributed by atoms with Crippen LogP contribution in [0, 0.1) is 0 Å². The van der Waals surface area contributed by atoms with Gasteiger partial charge >= 0.3 is 0 Å². The first kappa shape index (κ1) is 7.91. The predicted molar refractivity (Wildman–Crippen MR) is 54.7 cm³/mol. The molecule has 0 radical (unpaired) electrons. The number of benzene rings is 1. The molecule has 1 aliphatic rings. The first-order chi connectivity index (χ1) is 6.27. The minimum Gasteiger partial charge on any atom is -0.397 e. The molecule has 13 heavy (non-hydrogen) atoms. The summed E-state index contributed by atoms with van der Waals surface area (Å²) in [4.78, 5) is 4.29. The van der Waals surface area contributed by atoms with Crippen LogP contribution in [-0.4, -0.2) is 18.9 Å². The van der Waals surface area contributed by atoms with Crippen LogP contribution in [0.25, 0.3) is 0 Å². The summed E-state index contributed by atoms with van der Waals surface area (Å²) < 4.78 is 0. The van der Waals surface area contributed by atoms with Crippen LogP contribution >= 0.6 is 0 Å². The van der Waals surface area contributed by atoms with E-state index in [1.807, 2.05) is 12.1 Å². The molecule has 4 heteroatoms. The van der Waals surface area contributed by atoms with Crippen molar-refractivity contribution in [3.8, 4) is 0 Å². The number of nitrogens with zero attached hydrogens (tertiary/aromatic N) is 1. The standard InChI is InChI=1S/C9H12N4/c10-7-2-1-6(5-8(7)11)9-12-3-4-13-9/h1-2,5H,3-4,10-11H2,(H,12,13). The van der Waals surface area contributed by atoms with Gasteiger partial charge in [-0.2, -0.15) is 0 Å². The van der Waals surface area contributed by atoms with Crippen molar-refractivity contribution in [2.45, 2.75) is 0 Å². The van der Waals surface area contributed by atoms with Crippen molar-refractivity contribution in [1.82, 2.24) is 5.32 Å². The predicted octanol–water partition coefficient (Wildman–Crippen LogP) is 0.201. The zero-order valence-corrected chi connectivity index (χ0v) is 7.25. The third kappa shape index (κ3) is 1.42. The van der Waals surface area contributed by atoms with Gasteiger partial charge in [-0.05, 0) is 18.2 Å². The van der Waals surface area contributed by atoms with E-state index in [2.05, 4.69) is 10.3 Å². The van der Waals surface area contributed by atoms with E-state index in [4.69, 9.17) is 11.5 Å². The molecule has 0 aromatic heterocycles. The van der Waals surface area contributed by atoms with Gasteiger partial charge < -0.3 is 16.8 Å². The molecule has 0 unspecified atom stereocenters. The SMILES string of the molecule is Nc1ccc(C2=NCCN2)cc1N. The van der Waals surface area contributed by atoms with Gasteiger partial charge in [0.1, 0.15) is 5.84 Å². The molecule has 1 aromatic rings. The first-order valence-electron chi connectivity index (χ1n) is 4.21. The first-order valence-corrected chi connectivity index (χ1v) is 4.21. The Hall–Kier alpha value is -1.71. The van der Waals surface area contributed by atoms with Gasteiger partial charge in [0.2, 0.25) is 0 Å². The van der Waals surface area contributed by atoms with Gasteiger partial charge in [0, 0.05) is 12.1 Å². The topological polar surface area (TPSA) is 76.4 Å². The number of nitrogens with one attached hydrogen (secondary N) is 1.